The third-order valence-corrected chi connectivity index (χ3v) is 5.05. The molecule has 0 spiro atoms. The first-order chi connectivity index (χ1) is 11.1. The van der Waals surface area contributed by atoms with Gasteiger partial charge in [0.15, 0.2) is 0 Å². The molecule has 0 unspecified atom stereocenters. The Kier molecular flexibility index (Phi) is 6.34. The van der Waals surface area contributed by atoms with E-state index in [0.29, 0.717) is 12.8 Å². The van der Waals surface area contributed by atoms with Gasteiger partial charge in [-0.3, -0.25) is 9.59 Å². The van der Waals surface area contributed by atoms with Crippen LogP contribution in [0, 0.1) is 17.3 Å². The fourth-order valence-electron chi connectivity index (χ4n) is 3.56. The molecule has 0 aromatic rings. The largest absolute Gasteiger partial charge is 0.388 e. The van der Waals surface area contributed by atoms with Crippen LogP contribution in [-0.4, -0.2) is 45.3 Å². The topological polar surface area (TPSA) is 98.7 Å². The fraction of sp³-hybridized carbons (Fsp3) is 0.895. The molecule has 0 aliphatic heterocycles. The zero-order valence-electron chi connectivity index (χ0n) is 16.9. The summed E-state index contributed by atoms with van der Waals surface area (Å²) in [5, 5.41) is 26.3. The van der Waals surface area contributed by atoms with Gasteiger partial charge < -0.3 is 20.8 Å². The molecule has 25 heavy (non-hydrogen) atoms. The maximum absolute atomic E-state index is 12.8. The van der Waals surface area contributed by atoms with Crippen molar-refractivity contribution in [1.29, 1.82) is 0 Å². The molecule has 1 saturated carbocycles. The van der Waals surface area contributed by atoms with Gasteiger partial charge in [-0.25, -0.2) is 0 Å². The predicted molar refractivity (Wildman–Crippen MR) is 97.8 cm³/mol. The first-order valence-electron chi connectivity index (χ1n) is 9.19. The Morgan fingerprint density at radius 1 is 0.800 bits per heavy atom. The molecule has 6 nitrogen and oxygen atoms in total. The normalized spacial score (nSPS) is 19.5. The molecule has 0 aromatic carbocycles. The van der Waals surface area contributed by atoms with Gasteiger partial charge in [0.2, 0.25) is 11.8 Å². The Morgan fingerprint density at radius 3 is 1.24 bits per heavy atom. The molecule has 1 rings (SSSR count). The van der Waals surface area contributed by atoms with Crippen LogP contribution in [0.2, 0.25) is 0 Å². The number of carbonyl (C=O) groups excluding carboxylic acids is 2. The van der Waals surface area contributed by atoms with Crippen LogP contribution in [0.3, 0.4) is 0 Å². The molecule has 4 N–H and O–H groups in total. The van der Waals surface area contributed by atoms with Crippen molar-refractivity contribution < 1.29 is 19.8 Å². The molecule has 1 aliphatic rings. The van der Waals surface area contributed by atoms with Gasteiger partial charge in [0.05, 0.1) is 23.3 Å². The van der Waals surface area contributed by atoms with Gasteiger partial charge in [-0.05, 0) is 52.4 Å². The van der Waals surface area contributed by atoms with Crippen molar-refractivity contribution in [1.82, 2.24) is 10.6 Å². The highest BCUT2D eigenvalue weighted by Crippen LogP contribution is 2.47. The Hall–Kier alpha value is -1.14. The van der Waals surface area contributed by atoms with Gasteiger partial charge in [0.25, 0.3) is 0 Å². The third-order valence-electron chi connectivity index (χ3n) is 5.05. The summed E-state index contributed by atoms with van der Waals surface area (Å²) in [5.41, 5.74) is -3.25. The van der Waals surface area contributed by atoms with E-state index < -0.39 is 28.7 Å². The Bertz CT molecular complexity index is 455. The second-order valence-corrected chi connectivity index (χ2v) is 9.28. The number of hydrogen-bond acceptors (Lipinski definition) is 4. The molecule has 1 aliphatic carbocycles. The Morgan fingerprint density at radius 2 is 1.08 bits per heavy atom. The van der Waals surface area contributed by atoms with E-state index in [1.165, 1.54) is 0 Å². The van der Waals surface area contributed by atoms with Crippen LogP contribution in [0.1, 0.15) is 68.2 Å². The van der Waals surface area contributed by atoms with Gasteiger partial charge in [0, 0.05) is 0 Å². The molecule has 6 heteroatoms. The lowest BCUT2D eigenvalue weighted by atomic mass is 9.87. The summed E-state index contributed by atoms with van der Waals surface area (Å²) in [6.45, 7) is 14.3. The first kappa shape index (κ1) is 21.9. The molecule has 0 saturated heterocycles. The summed E-state index contributed by atoms with van der Waals surface area (Å²) >= 11 is 0. The lowest BCUT2D eigenvalue weighted by Gasteiger charge is -2.36. The molecule has 0 heterocycles. The number of carbonyl (C=O) groups is 2. The van der Waals surface area contributed by atoms with Crippen molar-refractivity contribution in [3.05, 3.63) is 0 Å². The molecule has 0 aromatic heterocycles. The van der Waals surface area contributed by atoms with Gasteiger partial charge in [-0.2, -0.15) is 0 Å². The monoisotopic (exact) mass is 356 g/mol. The highest BCUT2D eigenvalue weighted by atomic mass is 16.3. The minimum absolute atomic E-state index is 0.0302. The van der Waals surface area contributed by atoms with E-state index >= 15 is 0 Å². The smallest absolute Gasteiger partial charge is 0.236 e. The Balaban J connectivity index is 2.90. The van der Waals surface area contributed by atoms with Crippen LogP contribution >= 0.6 is 0 Å². The number of rotatable bonds is 8. The predicted octanol–water partition coefficient (Wildman–Crippen LogP) is 1.59. The summed E-state index contributed by atoms with van der Waals surface area (Å²) < 4.78 is 0. The van der Waals surface area contributed by atoms with E-state index in [-0.39, 0.29) is 23.7 Å². The fourth-order valence-corrected chi connectivity index (χ4v) is 3.56. The second-order valence-electron chi connectivity index (χ2n) is 9.28. The highest BCUT2D eigenvalue weighted by Gasteiger charge is 2.58. The number of amides is 2. The average molecular weight is 357 g/mol. The molecular formula is C19H36N2O4. The maximum atomic E-state index is 12.8. The van der Waals surface area contributed by atoms with Crippen molar-refractivity contribution in [2.24, 2.45) is 17.3 Å². The SMILES string of the molecule is CC(C)[C@@H](NC(=O)C1(C(=O)N[C@H](C(C)C)C(C)(C)O)CC1)C(C)(C)O. The van der Waals surface area contributed by atoms with Gasteiger partial charge in [-0.1, -0.05) is 27.7 Å². The molecule has 1 fully saturated rings. The van der Waals surface area contributed by atoms with Crippen molar-refractivity contribution in [3.8, 4) is 0 Å². The van der Waals surface area contributed by atoms with Crippen molar-refractivity contribution >= 4 is 11.8 Å². The molecule has 0 bridgehead atoms. The second kappa shape index (κ2) is 7.23. The van der Waals surface area contributed by atoms with Crippen molar-refractivity contribution in [2.45, 2.75) is 91.5 Å². The molecular weight excluding hydrogens is 320 g/mol. The molecule has 0 radical (unpaired) electrons. The number of aliphatic hydroxyl groups is 2. The summed E-state index contributed by atoms with van der Waals surface area (Å²) in [6.07, 6.45) is 0.968. The first-order valence-corrected chi connectivity index (χ1v) is 9.19. The number of hydrogen-bond donors (Lipinski definition) is 4. The summed E-state index contributed by atoms with van der Waals surface area (Å²) in [6, 6.07) is -0.888. The van der Waals surface area contributed by atoms with Crippen molar-refractivity contribution in [3.63, 3.8) is 0 Å². The third kappa shape index (κ3) is 5.17. The van der Waals surface area contributed by atoms with Crippen LogP contribution in [-0.2, 0) is 9.59 Å². The summed E-state index contributed by atoms with van der Waals surface area (Å²) in [7, 11) is 0. The minimum Gasteiger partial charge on any atom is -0.388 e. The molecule has 2 atom stereocenters. The van der Waals surface area contributed by atoms with Crippen LogP contribution < -0.4 is 10.6 Å². The zero-order valence-corrected chi connectivity index (χ0v) is 16.9. The maximum Gasteiger partial charge on any atom is 0.236 e. The van der Waals surface area contributed by atoms with Gasteiger partial charge in [0.1, 0.15) is 5.41 Å². The van der Waals surface area contributed by atoms with E-state index in [1.54, 1.807) is 27.7 Å². The van der Waals surface area contributed by atoms with E-state index in [9.17, 15) is 19.8 Å². The van der Waals surface area contributed by atoms with Crippen LogP contribution in [0.4, 0.5) is 0 Å². The highest BCUT2D eigenvalue weighted by molar-refractivity contribution is 6.08. The van der Waals surface area contributed by atoms with Crippen molar-refractivity contribution in [2.75, 3.05) is 0 Å². The minimum atomic E-state index is -1.09. The van der Waals surface area contributed by atoms with Gasteiger partial charge in [-0.15, -0.1) is 0 Å². The van der Waals surface area contributed by atoms with Crippen LogP contribution in [0.25, 0.3) is 0 Å². The lowest BCUT2D eigenvalue weighted by Crippen LogP contribution is -2.58. The van der Waals surface area contributed by atoms with Gasteiger partial charge >= 0.3 is 0 Å². The quantitative estimate of drug-likeness (QED) is 0.496. The molecule has 2 amide bonds. The average Bonchev–Trinajstić information content (AvgIpc) is 3.19. The summed E-state index contributed by atoms with van der Waals surface area (Å²) in [4.78, 5) is 25.6. The molecule has 146 valence electrons. The summed E-state index contributed by atoms with van der Waals surface area (Å²) in [5.74, 6) is -0.627. The zero-order chi connectivity index (χ0) is 19.8. The Labute approximate surface area is 151 Å². The van der Waals surface area contributed by atoms with E-state index in [2.05, 4.69) is 10.6 Å². The van der Waals surface area contributed by atoms with E-state index in [4.69, 9.17) is 0 Å². The lowest BCUT2D eigenvalue weighted by molar-refractivity contribution is -0.141. The standard InChI is InChI=1S/C19H36N2O4/c1-11(2)13(17(5,6)24)20-15(22)19(9-10-19)16(23)21-14(12(3)4)18(7,8)25/h11-14,24-25H,9-10H2,1-8H3,(H,20,22)(H,21,23)/t13-,14-/m1/s1. The van der Waals surface area contributed by atoms with E-state index in [1.807, 2.05) is 27.7 Å². The number of nitrogens with one attached hydrogen (secondary N) is 2. The van der Waals surface area contributed by atoms with Crippen LogP contribution in [0.15, 0.2) is 0 Å². The van der Waals surface area contributed by atoms with Crippen LogP contribution in [0.5, 0.6) is 0 Å². The van der Waals surface area contributed by atoms with E-state index in [0.717, 1.165) is 0 Å².